The highest BCUT2D eigenvalue weighted by Crippen LogP contribution is 2.21. The zero-order valence-corrected chi connectivity index (χ0v) is 15.5. The summed E-state index contributed by atoms with van der Waals surface area (Å²) in [6.07, 6.45) is 2.45. The van der Waals surface area contributed by atoms with Gasteiger partial charge < -0.3 is 10.3 Å². The highest BCUT2D eigenvalue weighted by atomic mass is 35.5. The van der Waals surface area contributed by atoms with E-state index in [-0.39, 0.29) is 17.3 Å². The van der Waals surface area contributed by atoms with E-state index >= 15 is 0 Å². The lowest BCUT2D eigenvalue weighted by molar-refractivity contribution is 0.606. The van der Waals surface area contributed by atoms with Gasteiger partial charge in [0.25, 0.3) is 5.56 Å². The van der Waals surface area contributed by atoms with E-state index in [9.17, 15) is 13.2 Å². The van der Waals surface area contributed by atoms with Gasteiger partial charge in [0.2, 0.25) is 16.0 Å². The van der Waals surface area contributed by atoms with Crippen LogP contribution in [0.25, 0.3) is 10.9 Å². The Morgan fingerprint density at radius 2 is 2.00 bits per heavy atom. The Hall–Kier alpha value is -2.65. The van der Waals surface area contributed by atoms with E-state index in [1.54, 1.807) is 31.2 Å². The molecular formula is C16H16ClN5O3S. The number of sulfonamides is 1. The fourth-order valence-corrected chi connectivity index (χ4v) is 3.14. The van der Waals surface area contributed by atoms with Gasteiger partial charge in [0.1, 0.15) is 5.82 Å². The SMILES string of the molecule is CC(Nc1nccc(NS(C)(=O)=O)n1)c1cc2cc(Cl)ccc2[nH]c1=O. The van der Waals surface area contributed by atoms with E-state index in [0.29, 0.717) is 16.1 Å². The number of aromatic amines is 1. The number of nitrogens with one attached hydrogen (secondary N) is 3. The molecule has 0 aliphatic rings. The predicted molar refractivity (Wildman–Crippen MR) is 102 cm³/mol. The molecule has 26 heavy (non-hydrogen) atoms. The summed E-state index contributed by atoms with van der Waals surface area (Å²) < 4.78 is 24.9. The molecule has 0 bridgehead atoms. The summed E-state index contributed by atoms with van der Waals surface area (Å²) in [5, 5.41) is 4.36. The number of anilines is 2. The van der Waals surface area contributed by atoms with E-state index in [1.807, 2.05) is 0 Å². The lowest BCUT2D eigenvalue weighted by Gasteiger charge is -2.14. The third kappa shape index (κ3) is 4.30. The van der Waals surface area contributed by atoms with Crippen molar-refractivity contribution >= 4 is 44.3 Å². The number of hydrogen-bond donors (Lipinski definition) is 3. The Kier molecular flexibility index (Phi) is 4.84. The minimum Gasteiger partial charge on any atom is -0.347 e. The second-order valence-corrected chi connectivity index (χ2v) is 7.98. The van der Waals surface area contributed by atoms with Gasteiger partial charge in [0.05, 0.1) is 12.3 Å². The topological polar surface area (TPSA) is 117 Å². The highest BCUT2D eigenvalue weighted by molar-refractivity contribution is 7.92. The van der Waals surface area contributed by atoms with Gasteiger partial charge >= 0.3 is 0 Å². The van der Waals surface area contributed by atoms with Gasteiger partial charge in [-0.1, -0.05) is 11.6 Å². The fourth-order valence-electron chi connectivity index (χ4n) is 2.46. The molecule has 0 aliphatic heterocycles. The van der Waals surface area contributed by atoms with Crippen LogP contribution in [0, 0.1) is 0 Å². The Morgan fingerprint density at radius 3 is 2.73 bits per heavy atom. The molecule has 1 atom stereocenters. The Labute approximate surface area is 154 Å². The first kappa shape index (κ1) is 18.2. The molecule has 2 aromatic heterocycles. The van der Waals surface area contributed by atoms with E-state index in [1.165, 1.54) is 12.3 Å². The van der Waals surface area contributed by atoms with Crippen LogP contribution in [0.3, 0.4) is 0 Å². The van der Waals surface area contributed by atoms with Crippen LogP contribution in [0.15, 0.2) is 41.3 Å². The van der Waals surface area contributed by atoms with Crippen LogP contribution in [0.5, 0.6) is 0 Å². The first-order chi connectivity index (χ1) is 12.2. The summed E-state index contributed by atoms with van der Waals surface area (Å²) in [5.74, 6) is 0.327. The first-order valence-corrected chi connectivity index (χ1v) is 9.88. The molecule has 0 amide bonds. The van der Waals surface area contributed by atoms with E-state index in [4.69, 9.17) is 11.6 Å². The number of aromatic nitrogens is 3. The molecule has 3 N–H and O–H groups in total. The second kappa shape index (κ2) is 6.93. The van der Waals surface area contributed by atoms with E-state index in [0.717, 1.165) is 11.6 Å². The number of H-pyrrole nitrogens is 1. The second-order valence-electron chi connectivity index (χ2n) is 5.79. The van der Waals surface area contributed by atoms with Crippen LogP contribution in [0.2, 0.25) is 5.02 Å². The van der Waals surface area contributed by atoms with Crippen LogP contribution in [0.4, 0.5) is 11.8 Å². The van der Waals surface area contributed by atoms with Gasteiger partial charge in [-0.25, -0.2) is 13.4 Å². The summed E-state index contributed by atoms with van der Waals surface area (Å²) in [4.78, 5) is 23.3. The molecule has 0 radical (unpaired) electrons. The normalized spacial score (nSPS) is 12.7. The largest absolute Gasteiger partial charge is 0.347 e. The van der Waals surface area contributed by atoms with Gasteiger partial charge in [-0.05, 0) is 37.3 Å². The summed E-state index contributed by atoms with van der Waals surface area (Å²) in [5.41, 5.74) is 0.918. The van der Waals surface area contributed by atoms with Crippen molar-refractivity contribution in [3.63, 3.8) is 0 Å². The summed E-state index contributed by atoms with van der Waals surface area (Å²) >= 11 is 6.01. The number of halogens is 1. The molecular weight excluding hydrogens is 378 g/mol. The number of rotatable bonds is 5. The smallest absolute Gasteiger partial charge is 0.253 e. The quantitative estimate of drug-likeness (QED) is 0.613. The maximum atomic E-state index is 12.3. The highest BCUT2D eigenvalue weighted by Gasteiger charge is 2.13. The van der Waals surface area contributed by atoms with Gasteiger partial charge in [-0.15, -0.1) is 0 Å². The molecule has 0 saturated carbocycles. The van der Waals surface area contributed by atoms with Gasteiger partial charge in [-0.2, -0.15) is 4.98 Å². The van der Waals surface area contributed by atoms with Crippen LogP contribution < -0.4 is 15.6 Å². The maximum Gasteiger partial charge on any atom is 0.253 e. The van der Waals surface area contributed by atoms with Crippen molar-refractivity contribution in [1.82, 2.24) is 15.0 Å². The van der Waals surface area contributed by atoms with Gasteiger partial charge in [-0.3, -0.25) is 9.52 Å². The molecule has 1 unspecified atom stereocenters. The summed E-state index contributed by atoms with van der Waals surface area (Å²) in [6.45, 7) is 1.78. The van der Waals surface area contributed by atoms with E-state index in [2.05, 4.69) is 25.0 Å². The average molecular weight is 394 g/mol. The molecule has 1 aromatic carbocycles. The Morgan fingerprint density at radius 1 is 1.23 bits per heavy atom. The molecule has 3 aromatic rings. The minimum absolute atomic E-state index is 0.136. The molecule has 3 rings (SSSR count). The zero-order valence-electron chi connectivity index (χ0n) is 13.9. The predicted octanol–water partition coefficient (Wildman–Crippen LogP) is 2.52. The van der Waals surface area contributed by atoms with Crippen LogP contribution >= 0.6 is 11.6 Å². The molecule has 8 nitrogen and oxygen atoms in total. The number of benzene rings is 1. The monoisotopic (exact) mass is 393 g/mol. The van der Waals surface area contributed by atoms with Crippen molar-refractivity contribution in [2.75, 3.05) is 16.3 Å². The van der Waals surface area contributed by atoms with Crippen LogP contribution in [0.1, 0.15) is 18.5 Å². The molecule has 0 aliphatic carbocycles. The summed E-state index contributed by atoms with van der Waals surface area (Å²) in [6, 6.07) is 7.96. The molecule has 10 heteroatoms. The molecule has 2 heterocycles. The first-order valence-electron chi connectivity index (χ1n) is 7.61. The fraction of sp³-hybridized carbons (Fsp3) is 0.188. The number of pyridine rings is 1. The number of nitrogens with zero attached hydrogens (tertiary/aromatic N) is 2. The van der Waals surface area contributed by atoms with Crippen molar-refractivity contribution in [1.29, 1.82) is 0 Å². The zero-order chi connectivity index (χ0) is 18.9. The van der Waals surface area contributed by atoms with Crippen molar-refractivity contribution < 1.29 is 8.42 Å². The lowest BCUT2D eigenvalue weighted by atomic mass is 10.1. The van der Waals surface area contributed by atoms with E-state index < -0.39 is 16.1 Å². The van der Waals surface area contributed by atoms with Crippen molar-refractivity contribution in [3.8, 4) is 0 Å². The maximum absolute atomic E-state index is 12.3. The third-order valence-corrected chi connectivity index (χ3v) is 4.41. The minimum atomic E-state index is -3.45. The molecule has 136 valence electrons. The van der Waals surface area contributed by atoms with Crippen LogP contribution in [-0.2, 0) is 10.0 Å². The number of fused-ring (bicyclic) bond motifs is 1. The van der Waals surface area contributed by atoms with Crippen LogP contribution in [-0.4, -0.2) is 29.6 Å². The average Bonchev–Trinajstić information content (AvgIpc) is 2.53. The van der Waals surface area contributed by atoms with Gasteiger partial charge in [0.15, 0.2) is 0 Å². The molecule has 0 fully saturated rings. The lowest BCUT2D eigenvalue weighted by Crippen LogP contribution is -2.20. The third-order valence-electron chi connectivity index (χ3n) is 3.59. The van der Waals surface area contributed by atoms with Crippen molar-refractivity contribution in [3.05, 3.63) is 57.5 Å². The summed E-state index contributed by atoms with van der Waals surface area (Å²) in [7, 11) is -3.45. The molecule has 0 saturated heterocycles. The molecule has 0 spiro atoms. The standard InChI is InChI=1S/C16H16ClN5O3S/c1-9(19-16-18-6-5-14(21-16)22-26(2,24)25)12-8-10-7-11(17)3-4-13(10)20-15(12)23/h3-9H,1-2H3,(H,20,23)(H2,18,19,21,22). The van der Waals surface area contributed by atoms with Crippen molar-refractivity contribution in [2.45, 2.75) is 13.0 Å². The number of hydrogen-bond acceptors (Lipinski definition) is 6. The Bertz CT molecular complexity index is 1130. The Balaban J connectivity index is 1.89. The van der Waals surface area contributed by atoms with Gasteiger partial charge in [0, 0.05) is 27.7 Å². The van der Waals surface area contributed by atoms with Crippen molar-refractivity contribution in [2.24, 2.45) is 0 Å².